The van der Waals surface area contributed by atoms with E-state index in [4.69, 9.17) is 4.74 Å². The van der Waals surface area contributed by atoms with Crippen molar-refractivity contribution in [2.45, 2.75) is 52.5 Å². The predicted molar refractivity (Wildman–Crippen MR) is 153 cm³/mol. The summed E-state index contributed by atoms with van der Waals surface area (Å²) in [7, 11) is 0. The first-order valence-electron chi connectivity index (χ1n) is 12.4. The Hall–Kier alpha value is -3.04. The molecule has 1 atom stereocenters. The summed E-state index contributed by atoms with van der Waals surface area (Å²) in [4.78, 5) is 38.4. The van der Waals surface area contributed by atoms with Gasteiger partial charge in [0.05, 0.1) is 24.5 Å². The molecule has 2 heterocycles. The highest BCUT2D eigenvalue weighted by atomic mass is 32.2. The number of hydrogen-bond donors (Lipinski definition) is 3. The number of urea groups is 1. The summed E-state index contributed by atoms with van der Waals surface area (Å²) < 4.78 is 6.06. The van der Waals surface area contributed by atoms with E-state index < -0.39 is 0 Å². The van der Waals surface area contributed by atoms with Crippen LogP contribution in [0.15, 0.2) is 42.5 Å². The topological polar surface area (TPSA) is 96.5 Å². The number of benzene rings is 2. The van der Waals surface area contributed by atoms with Crippen LogP contribution in [0.5, 0.6) is 5.75 Å². The second-order valence-corrected chi connectivity index (χ2v) is 12.4. The van der Waals surface area contributed by atoms with Crippen molar-refractivity contribution in [1.82, 2.24) is 5.32 Å². The SMILES string of the molecule is CC(=O)NCc1sc(C(C)(C)C)cc1NC(=O)Nc1ccc(OCCC2CCSC2=O)c2ccccc12. The van der Waals surface area contributed by atoms with E-state index >= 15 is 0 Å². The molecule has 1 fully saturated rings. The van der Waals surface area contributed by atoms with Gasteiger partial charge < -0.3 is 20.7 Å². The van der Waals surface area contributed by atoms with Gasteiger partial charge in [0.25, 0.3) is 0 Å². The third-order valence-corrected chi connectivity index (χ3v) is 8.81. The van der Waals surface area contributed by atoms with E-state index in [1.54, 1.807) is 11.3 Å². The molecule has 3 N–H and O–H groups in total. The zero-order valence-corrected chi connectivity index (χ0v) is 23.2. The van der Waals surface area contributed by atoms with Crippen LogP contribution >= 0.6 is 23.1 Å². The number of thioether (sulfide) groups is 1. The molecular formula is C28H33N3O4S2. The van der Waals surface area contributed by atoms with Crippen molar-refractivity contribution < 1.29 is 19.1 Å². The molecule has 7 nitrogen and oxygen atoms in total. The molecule has 0 aliphatic carbocycles. The third-order valence-electron chi connectivity index (χ3n) is 6.19. The number of anilines is 2. The Morgan fingerprint density at radius 2 is 1.78 bits per heavy atom. The van der Waals surface area contributed by atoms with Crippen LogP contribution in [-0.4, -0.2) is 29.4 Å². The van der Waals surface area contributed by atoms with Crippen molar-refractivity contribution in [3.63, 3.8) is 0 Å². The van der Waals surface area contributed by atoms with E-state index in [0.29, 0.717) is 30.9 Å². The van der Waals surface area contributed by atoms with E-state index in [0.717, 1.165) is 38.4 Å². The summed E-state index contributed by atoms with van der Waals surface area (Å²) in [6, 6.07) is 13.1. The van der Waals surface area contributed by atoms with Gasteiger partial charge in [0.15, 0.2) is 5.12 Å². The molecule has 2 aromatic carbocycles. The first kappa shape index (κ1) is 27.0. The summed E-state index contributed by atoms with van der Waals surface area (Å²) in [6.07, 6.45) is 1.63. The van der Waals surface area contributed by atoms with Crippen molar-refractivity contribution in [1.29, 1.82) is 0 Å². The van der Waals surface area contributed by atoms with Crippen molar-refractivity contribution in [2.24, 2.45) is 5.92 Å². The normalized spacial score (nSPS) is 15.6. The zero-order chi connectivity index (χ0) is 26.6. The van der Waals surface area contributed by atoms with Crippen LogP contribution in [0.2, 0.25) is 0 Å². The second-order valence-electron chi connectivity index (χ2n) is 10.1. The molecule has 1 unspecified atom stereocenters. The molecule has 1 saturated heterocycles. The lowest BCUT2D eigenvalue weighted by molar-refractivity contribution is -0.119. The van der Waals surface area contributed by atoms with E-state index in [-0.39, 0.29) is 28.4 Å². The minimum atomic E-state index is -0.363. The van der Waals surface area contributed by atoms with Gasteiger partial charge in [-0.2, -0.15) is 0 Å². The van der Waals surface area contributed by atoms with Gasteiger partial charge >= 0.3 is 6.03 Å². The quantitative estimate of drug-likeness (QED) is 0.303. The predicted octanol–water partition coefficient (Wildman–Crippen LogP) is 6.53. The molecule has 0 radical (unpaired) electrons. The Balaban J connectivity index is 1.48. The average Bonchev–Trinajstić information content (AvgIpc) is 3.44. The number of nitrogens with one attached hydrogen (secondary N) is 3. The fraction of sp³-hybridized carbons (Fsp3) is 0.393. The van der Waals surface area contributed by atoms with Gasteiger partial charge in [-0.25, -0.2) is 4.79 Å². The smallest absolute Gasteiger partial charge is 0.323 e. The minimum Gasteiger partial charge on any atom is -0.493 e. The van der Waals surface area contributed by atoms with Gasteiger partial charge in [0.1, 0.15) is 5.75 Å². The van der Waals surface area contributed by atoms with Crippen molar-refractivity contribution in [3.05, 3.63) is 52.2 Å². The maximum Gasteiger partial charge on any atom is 0.323 e. The molecular weight excluding hydrogens is 506 g/mol. The van der Waals surface area contributed by atoms with Crippen LogP contribution in [0.3, 0.4) is 0 Å². The van der Waals surface area contributed by atoms with Gasteiger partial charge in [-0.15, -0.1) is 11.3 Å². The molecule has 1 aromatic heterocycles. The van der Waals surface area contributed by atoms with E-state index in [1.165, 1.54) is 18.7 Å². The summed E-state index contributed by atoms with van der Waals surface area (Å²) in [6.45, 7) is 8.65. The number of rotatable bonds is 8. The number of amides is 3. The Kier molecular flexibility index (Phi) is 8.44. The molecule has 0 bridgehead atoms. The second kappa shape index (κ2) is 11.6. The van der Waals surface area contributed by atoms with Crippen LogP contribution in [-0.2, 0) is 21.5 Å². The molecule has 0 saturated carbocycles. The number of ether oxygens (including phenoxy) is 1. The molecule has 1 aliphatic heterocycles. The molecule has 196 valence electrons. The summed E-state index contributed by atoms with van der Waals surface area (Å²) in [5.41, 5.74) is 1.27. The van der Waals surface area contributed by atoms with Crippen LogP contribution < -0.4 is 20.7 Å². The number of hydrogen-bond acceptors (Lipinski definition) is 6. The fourth-order valence-corrected chi connectivity index (χ4v) is 6.32. The number of carbonyl (C=O) groups excluding carboxylic acids is 3. The maximum atomic E-state index is 13.0. The number of carbonyl (C=O) groups is 3. The lowest BCUT2D eigenvalue weighted by atomic mass is 9.94. The van der Waals surface area contributed by atoms with Crippen LogP contribution in [0.1, 0.15) is 50.3 Å². The molecule has 1 aliphatic rings. The Morgan fingerprint density at radius 1 is 1.05 bits per heavy atom. The van der Waals surface area contributed by atoms with Crippen molar-refractivity contribution >= 4 is 62.3 Å². The standard InChI is InChI=1S/C28H33N3O4S2/c1-17(32)29-16-24-22(15-25(37-24)28(2,3)4)31-27(34)30-21-9-10-23(20-8-6-5-7-19(20)21)35-13-11-18-12-14-36-26(18)33/h5-10,15,18H,11-14,16H2,1-4H3,(H,29,32)(H2,30,31,34). The van der Waals surface area contributed by atoms with Crippen molar-refractivity contribution in [2.75, 3.05) is 23.0 Å². The number of thiophene rings is 1. The van der Waals surface area contributed by atoms with Crippen LogP contribution in [0, 0.1) is 5.92 Å². The summed E-state index contributed by atoms with van der Waals surface area (Å²) in [5, 5.41) is 10.8. The van der Waals surface area contributed by atoms with Gasteiger partial charge in [-0.05, 0) is 36.5 Å². The maximum absolute atomic E-state index is 13.0. The van der Waals surface area contributed by atoms with E-state index in [1.807, 2.05) is 42.5 Å². The third kappa shape index (κ3) is 6.84. The summed E-state index contributed by atoms with van der Waals surface area (Å²) >= 11 is 2.99. The largest absolute Gasteiger partial charge is 0.493 e. The molecule has 0 spiro atoms. The highest BCUT2D eigenvalue weighted by Gasteiger charge is 2.25. The lowest BCUT2D eigenvalue weighted by Gasteiger charge is -2.15. The number of fused-ring (bicyclic) bond motifs is 1. The zero-order valence-electron chi connectivity index (χ0n) is 21.6. The Morgan fingerprint density at radius 3 is 2.46 bits per heavy atom. The molecule has 3 aromatic rings. The Bertz CT molecular complexity index is 1310. The van der Waals surface area contributed by atoms with Crippen LogP contribution in [0.4, 0.5) is 16.2 Å². The minimum absolute atomic E-state index is 0.0762. The highest BCUT2D eigenvalue weighted by Crippen LogP contribution is 2.36. The first-order chi connectivity index (χ1) is 17.6. The monoisotopic (exact) mass is 539 g/mol. The molecule has 4 rings (SSSR count). The molecule has 9 heteroatoms. The Labute approximate surface area is 225 Å². The van der Waals surface area contributed by atoms with E-state index in [2.05, 4.69) is 36.7 Å². The first-order valence-corrected chi connectivity index (χ1v) is 14.2. The van der Waals surface area contributed by atoms with Gasteiger partial charge in [0.2, 0.25) is 5.91 Å². The molecule has 3 amide bonds. The van der Waals surface area contributed by atoms with Crippen molar-refractivity contribution in [3.8, 4) is 5.75 Å². The van der Waals surface area contributed by atoms with E-state index in [9.17, 15) is 14.4 Å². The summed E-state index contributed by atoms with van der Waals surface area (Å²) in [5.74, 6) is 1.58. The van der Waals surface area contributed by atoms with Gasteiger partial charge in [-0.3, -0.25) is 9.59 Å². The highest BCUT2D eigenvalue weighted by molar-refractivity contribution is 8.14. The van der Waals surface area contributed by atoms with Crippen LogP contribution in [0.25, 0.3) is 10.8 Å². The molecule has 37 heavy (non-hydrogen) atoms. The van der Waals surface area contributed by atoms with Gasteiger partial charge in [-0.1, -0.05) is 56.8 Å². The fourth-order valence-electron chi connectivity index (χ4n) is 4.13. The average molecular weight is 540 g/mol. The lowest BCUT2D eigenvalue weighted by Crippen LogP contribution is -2.22. The van der Waals surface area contributed by atoms with Gasteiger partial charge in [0, 0.05) is 39.1 Å².